The molecule has 3 heteroatoms. The summed E-state index contributed by atoms with van der Waals surface area (Å²) in [5.74, 6) is 1.45. The summed E-state index contributed by atoms with van der Waals surface area (Å²) in [5, 5.41) is 12.0. The lowest BCUT2D eigenvalue weighted by molar-refractivity contribution is 0.00921. The highest BCUT2D eigenvalue weighted by atomic mass is 16.7. The summed E-state index contributed by atoms with van der Waals surface area (Å²) in [7, 11) is 0. The lowest BCUT2D eigenvalue weighted by atomic mass is 10.0. The highest BCUT2D eigenvalue weighted by Gasteiger charge is 2.21. The van der Waals surface area contributed by atoms with Crippen molar-refractivity contribution in [2.45, 2.75) is 25.9 Å². The smallest absolute Gasteiger partial charge is 0.189 e. The monoisotopic (exact) mass is 272 g/mol. The van der Waals surface area contributed by atoms with E-state index in [-0.39, 0.29) is 6.79 Å². The van der Waals surface area contributed by atoms with Crippen molar-refractivity contribution in [1.82, 2.24) is 0 Å². The standard InChI is InChI=1S/C17H20O3/c1-12(18)15-9-8-14-4-2-3-5-16(14)17(15)20-11-19-10-13-6-7-13/h2-5,8-9,12-13,18H,6-7,10-11H2,1H3/t12-/m0/s1. The van der Waals surface area contributed by atoms with Gasteiger partial charge in [0.25, 0.3) is 0 Å². The Morgan fingerprint density at radius 2 is 2.00 bits per heavy atom. The largest absolute Gasteiger partial charge is 0.467 e. The fourth-order valence-electron chi connectivity index (χ4n) is 2.35. The third-order valence-corrected chi connectivity index (χ3v) is 3.70. The van der Waals surface area contributed by atoms with E-state index >= 15 is 0 Å². The van der Waals surface area contributed by atoms with E-state index in [1.165, 1.54) is 12.8 Å². The van der Waals surface area contributed by atoms with Crippen molar-refractivity contribution in [3.63, 3.8) is 0 Å². The maximum absolute atomic E-state index is 9.90. The normalized spacial score (nSPS) is 16.3. The Kier molecular flexibility index (Phi) is 3.90. The van der Waals surface area contributed by atoms with Crippen LogP contribution < -0.4 is 4.74 Å². The van der Waals surface area contributed by atoms with Gasteiger partial charge in [-0.3, -0.25) is 0 Å². The van der Waals surface area contributed by atoms with Gasteiger partial charge in [0.1, 0.15) is 5.75 Å². The van der Waals surface area contributed by atoms with Crippen LogP contribution in [-0.4, -0.2) is 18.5 Å². The van der Waals surface area contributed by atoms with Crippen LogP contribution in [0.15, 0.2) is 36.4 Å². The first-order valence-corrected chi connectivity index (χ1v) is 7.16. The molecule has 0 spiro atoms. The number of benzene rings is 2. The molecule has 1 fully saturated rings. The summed E-state index contributed by atoms with van der Waals surface area (Å²) in [4.78, 5) is 0. The van der Waals surface area contributed by atoms with Gasteiger partial charge in [0.15, 0.2) is 6.79 Å². The van der Waals surface area contributed by atoms with Crippen LogP contribution in [0.5, 0.6) is 5.75 Å². The van der Waals surface area contributed by atoms with Gasteiger partial charge in [-0.25, -0.2) is 0 Å². The van der Waals surface area contributed by atoms with Crippen molar-refractivity contribution in [3.8, 4) is 5.75 Å². The zero-order valence-electron chi connectivity index (χ0n) is 11.7. The maximum Gasteiger partial charge on any atom is 0.189 e. The van der Waals surface area contributed by atoms with Crippen LogP contribution in [0.3, 0.4) is 0 Å². The first-order chi connectivity index (χ1) is 9.75. The van der Waals surface area contributed by atoms with Crippen molar-refractivity contribution >= 4 is 10.8 Å². The molecule has 0 radical (unpaired) electrons. The Balaban J connectivity index is 1.82. The van der Waals surface area contributed by atoms with E-state index in [2.05, 4.69) is 0 Å². The first-order valence-electron chi connectivity index (χ1n) is 7.16. The fourth-order valence-corrected chi connectivity index (χ4v) is 2.35. The third-order valence-electron chi connectivity index (χ3n) is 3.70. The lowest BCUT2D eigenvalue weighted by Gasteiger charge is -2.16. The minimum absolute atomic E-state index is 0.240. The topological polar surface area (TPSA) is 38.7 Å². The molecule has 1 N–H and O–H groups in total. The molecule has 1 atom stereocenters. The molecule has 0 saturated heterocycles. The van der Waals surface area contributed by atoms with Crippen LogP contribution in [0.25, 0.3) is 10.8 Å². The molecule has 0 unspecified atom stereocenters. The first kappa shape index (κ1) is 13.4. The van der Waals surface area contributed by atoms with Crippen LogP contribution in [0.2, 0.25) is 0 Å². The summed E-state index contributed by atoms with van der Waals surface area (Å²) in [6.45, 7) is 2.76. The minimum atomic E-state index is -0.557. The highest BCUT2D eigenvalue weighted by Crippen LogP contribution is 2.34. The van der Waals surface area contributed by atoms with Crippen molar-refractivity contribution in [3.05, 3.63) is 42.0 Å². The van der Waals surface area contributed by atoms with Gasteiger partial charge in [-0.15, -0.1) is 0 Å². The molecule has 106 valence electrons. The molecule has 20 heavy (non-hydrogen) atoms. The molecule has 0 aliphatic heterocycles. The van der Waals surface area contributed by atoms with Crippen LogP contribution in [0.4, 0.5) is 0 Å². The van der Waals surface area contributed by atoms with Gasteiger partial charge >= 0.3 is 0 Å². The number of fused-ring (bicyclic) bond motifs is 1. The number of aliphatic hydroxyl groups excluding tert-OH is 1. The molecule has 0 heterocycles. The molecular formula is C17H20O3. The fraction of sp³-hybridized carbons (Fsp3) is 0.412. The number of rotatable bonds is 6. The van der Waals surface area contributed by atoms with Gasteiger partial charge < -0.3 is 14.6 Å². The average Bonchev–Trinajstić information content (AvgIpc) is 3.27. The molecule has 1 aliphatic rings. The summed E-state index contributed by atoms with van der Waals surface area (Å²) in [5.41, 5.74) is 0.804. The van der Waals surface area contributed by atoms with E-state index in [0.717, 1.165) is 34.6 Å². The second-order valence-corrected chi connectivity index (χ2v) is 5.46. The Morgan fingerprint density at radius 1 is 1.20 bits per heavy atom. The average molecular weight is 272 g/mol. The Hall–Kier alpha value is -1.58. The molecule has 1 aliphatic carbocycles. The van der Waals surface area contributed by atoms with E-state index in [1.807, 2.05) is 36.4 Å². The Morgan fingerprint density at radius 3 is 2.75 bits per heavy atom. The predicted octanol–water partition coefficient (Wildman–Crippen LogP) is 3.66. The van der Waals surface area contributed by atoms with Gasteiger partial charge in [-0.2, -0.15) is 0 Å². The number of ether oxygens (including phenoxy) is 2. The van der Waals surface area contributed by atoms with E-state index in [1.54, 1.807) is 6.92 Å². The van der Waals surface area contributed by atoms with Crippen molar-refractivity contribution in [1.29, 1.82) is 0 Å². The summed E-state index contributed by atoms with van der Waals surface area (Å²) < 4.78 is 11.3. The van der Waals surface area contributed by atoms with Gasteiger partial charge in [-0.1, -0.05) is 36.4 Å². The van der Waals surface area contributed by atoms with Crippen LogP contribution >= 0.6 is 0 Å². The van der Waals surface area contributed by atoms with Gasteiger partial charge in [0.2, 0.25) is 0 Å². The number of aliphatic hydroxyl groups is 1. The second kappa shape index (κ2) is 5.81. The van der Waals surface area contributed by atoms with Crippen molar-refractivity contribution in [2.75, 3.05) is 13.4 Å². The SMILES string of the molecule is C[C@H](O)c1ccc2ccccc2c1OCOCC1CC1. The molecule has 2 aromatic carbocycles. The molecular weight excluding hydrogens is 252 g/mol. The third kappa shape index (κ3) is 2.94. The zero-order valence-corrected chi connectivity index (χ0v) is 11.7. The highest BCUT2D eigenvalue weighted by molar-refractivity contribution is 5.89. The van der Waals surface area contributed by atoms with E-state index < -0.39 is 6.10 Å². The molecule has 3 rings (SSSR count). The van der Waals surface area contributed by atoms with E-state index in [9.17, 15) is 5.11 Å². The predicted molar refractivity (Wildman–Crippen MR) is 78.8 cm³/mol. The van der Waals surface area contributed by atoms with Gasteiger partial charge in [0, 0.05) is 10.9 Å². The quantitative estimate of drug-likeness (QED) is 0.644. The summed E-state index contributed by atoms with van der Waals surface area (Å²) >= 11 is 0. The lowest BCUT2D eigenvalue weighted by Crippen LogP contribution is -2.08. The molecule has 1 saturated carbocycles. The number of hydrogen-bond donors (Lipinski definition) is 1. The second-order valence-electron chi connectivity index (χ2n) is 5.46. The summed E-state index contributed by atoms with van der Waals surface area (Å²) in [6.07, 6.45) is 1.98. The van der Waals surface area contributed by atoms with Crippen molar-refractivity contribution < 1.29 is 14.6 Å². The van der Waals surface area contributed by atoms with Gasteiger partial charge in [-0.05, 0) is 31.1 Å². The summed E-state index contributed by atoms with van der Waals surface area (Å²) in [6, 6.07) is 12.0. The van der Waals surface area contributed by atoms with E-state index in [0.29, 0.717) is 0 Å². The Labute approximate surface area is 119 Å². The number of hydrogen-bond acceptors (Lipinski definition) is 3. The van der Waals surface area contributed by atoms with Crippen molar-refractivity contribution in [2.24, 2.45) is 5.92 Å². The van der Waals surface area contributed by atoms with E-state index in [4.69, 9.17) is 9.47 Å². The molecule has 3 nitrogen and oxygen atoms in total. The molecule has 0 amide bonds. The maximum atomic E-state index is 9.90. The minimum Gasteiger partial charge on any atom is -0.467 e. The zero-order chi connectivity index (χ0) is 13.9. The van der Waals surface area contributed by atoms with Crippen LogP contribution in [0.1, 0.15) is 31.4 Å². The van der Waals surface area contributed by atoms with Crippen LogP contribution in [0, 0.1) is 5.92 Å². The molecule has 0 aromatic heterocycles. The molecule has 2 aromatic rings. The van der Waals surface area contributed by atoms with Gasteiger partial charge in [0.05, 0.1) is 12.7 Å². The molecule has 0 bridgehead atoms. The Bertz CT molecular complexity index is 588. The van der Waals surface area contributed by atoms with Crippen LogP contribution in [-0.2, 0) is 4.74 Å².